The maximum atomic E-state index is 12.3. The highest BCUT2D eigenvalue weighted by atomic mass is 32.1. The number of aromatic nitrogens is 1. The van der Waals surface area contributed by atoms with E-state index in [1.165, 1.54) is 16.9 Å². The van der Waals surface area contributed by atoms with E-state index < -0.39 is 0 Å². The number of hydrogen-bond acceptors (Lipinski definition) is 5. The van der Waals surface area contributed by atoms with Crippen molar-refractivity contribution in [2.45, 2.75) is 20.4 Å². The van der Waals surface area contributed by atoms with Gasteiger partial charge in [0.2, 0.25) is 0 Å². The molecule has 0 radical (unpaired) electrons. The number of nitrogens with zero attached hydrogens (tertiary/aromatic N) is 1. The molecule has 3 rings (SSSR count). The molecule has 0 saturated heterocycles. The molecule has 1 aromatic heterocycles. The number of rotatable bonds is 6. The van der Waals surface area contributed by atoms with Gasteiger partial charge in [-0.3, -0.25) is 4.79 Å². The van der Waals surface area contributed by atoms with Crippen molar-refractivity contribution in [3.63, 3.8) is 0 Å². The van der Waals surface area contributed by atoms with Crippen LogP contribution < -0.4 is 15.4 Å². The van der Waals surface area contributed by atoms with Gasteiger partial charge in [0.15, 0.2) is 5.13 Å². The van der Waals surface area contributed by atoms with Crippen molar-refractivity contribution in [2.75, 3.05) is 12.4 Å². The lowest BCUT2D eigenvalue weighted by atomic mass is 10.1. The Balaban J connectivity index is 1.62. The van der Waals surface area contributed by atoms with Gasteiger partial charge in [-0.2, -0.15) is 0 Å². The maximum Gasteiger partial charge on any atom is 0.271 e. The van der Waals surface area contributed by atoms with Gasteiger partial charge in [-0.15, -0.1) is 11.3 Å². The summed E-state index contributed by atoms with van der Waals surface area (Å²) in [5, 5.41) is 8.61. The first-order valence-corrected chi connectivity index (χ1v) is 9.14. The van der Waals surface area contributed by atoms with Crippen LogP contribution in [0.25, 0.3) is 0 Å². The van der Waals surface area contributed by atoms with Crippen LogP contribution in [0.1, 0.15) is 27.2 Å². The van der Waals surface area contributed by atoms with E-state index in [1.54, 1.807) is 12.5 Å². The zero-order valence-electron chi connectivity index (χ0n) is 15.0. The number of anilines is 2. The fourth-order valence-corrected chi connectivity index (χ4v) is 3.26. The van der Waals surface area contributed by atoms with Gasteiger partial charge in [-0.1, -0.05) is 29.8 Å². The molecule has 0 aliphatic carbocycles. The first-order chi connectivity index (χ1) is 12.5. The summed E-state index contributed by atoms with van der Waals surface area (Å²) in [5.41, 5.74) is 4.73. The van der Waals surface area contributed by atoms with Crippen LogP contribution in [0.3, 0.4) is 0 Å². The Bertz CT molecular complexity index is 921. The number of amides is 1. The van der Waals surface area contributed by atoms with Crippen molar-refractivity contribution in [3.05, 3.63) is 70.2 Å². The summed E-state index contributed by atoms with van der Waals surface area (Å²) in [7, 11) is 1.62. The molecule has 5 nitrogen and oxygen atoms in total. The zero-order valence-corrected chi connectivity index (χ0v) is 15.8. The molecule has 0 fully saturated rings. The van der Waals surface area contributed by atoms with E-state index in [2.05, 4.69) is 28.6 Å². The van der Waals surface area contributed by atoms with Crippen molar-refractivity contribution >= 4 is 28.1 Å². The molecule has 0 unspecified atom stereocenters. The highest BCUT2D eigenvalue weighted by Crippen LogP contribution is 2.24. The molecule has 0 atom stereocenters. The number of methoxy groups -OCH3 is 1. The highest BCUT2D eigenvalue weighted by molar-refractivity contribution is 7.14. The van der Waals surface area contributed by atoms with E-state index in [0.717, 1.165) is 22.6 Å². The van der Waals surface area contributed by atoms with Crippen molar-refractivity contribution in [1.82, 2.24) is 10.3 Å². The minimum atomic E-state index is -0.197. The van der Waals surface area contributed by atoms with Gasteiger partial charge < -0.3 is 15.4 Å². The first-order valence-electron chi connectivity index (χ1n) is 8.26. The number of carbonyl (C=O) groups excluding carboxylic acids is 1. The average Bonchev–Trinajstić information content (AvgIpc) is 3.11. The molecule has 0 saturated carbocycles. The van der Waals surface area contributed by atoms with E-state index in [-0.39, 0.29) is 5.91 Å². The van der Waals surface area contributed by atoms with Crippen molar-refractivity contribution < 1.29 is 9.53 Å². The van der Waals surface area contributed by atoms with E-state index in [4.69, 9.17) is 4.74 Å². The number of aryl methyl sites for hydroxylation is 2. The van der Waals surface area contributed by atoms with Crippen molar-refractivity contribution in [3.8, 4) is 5.75 Å². The van der Waals surface area contributed by atoms with Gasteiger partial charge >= 0.3 is 0 Å². The molecule has 2 aromatic carbocycles. The fourth-order valence-electron chi connectivity index (χ4n) is 2.56. The number of benzene rings is 2. The molecule has 0 aliphatic rings. The van der Waals surface area contributed by atoms with Gasteiger partial charge in [-0.05, 0) is 43.2 Å². The Hall–Kier alpha value is -2.86. The van der Waals surface area contributed by atoms with E-state index in [1.807, 2.05) is 43.3 Å². The number of carbonyl (C=O) groups is 1. The molecular formula is C20H21N3O2S. The summed E-state index contributed by atoms with van der Waals surface area (Å²) in [4.78, 5) is 16.7. The highest BCUT2D eigenvalue weighted by Gasteiger charge is 2.11. The molecule has 0 spiro atoms. The number of thiazole rings is 1. The van der Waals surface area contributed by atoms with Crippen molar-refractivity contribution in [2.24, 2.45) is 0 Å². The monoisotopic (exact) mass is 367 g/mol. The normalized spacial score (nSPS) is 10.4. The Kier molecular flexibility index (Phi) is 5.53. The van der Waals surface area contributed by atoms with Gasteiger partial charge in [0.05, 0.1) is 7.11 Å². The molecule has 134 valence electrons. The number of ether oxygens (including phenoxy) is 1. The Morgan fingerprint density at radius 3 is 2.81 bits per heavy atom. The van der Waals surface area contributed by atoms with Crippen LogP contribution in [0.15, 0.2) is 47.8 Å². The average molecular weight is 367 g/mol. The van der Waals surface area contributed by atoms with Crippen LogP contribution in [0.5, 0.6) is 5.75 Å². The van der Waals surface area contributed by atoms with E-state index in [9.17, 15) is 4.79 Å². The molecule has 1 amide bonds. The number of nitrogens with one attached hydrogen (secondary N) is 2. The van der Waals surface area contributed by atoms with E-state index >= 15 is 0 Å². The number of hydrogen-bond donors (Lipinski definition) is 2. The molecule has 3 aromatic rings. The quantitative estimate of drug-likeness (QED) is 0.676. The predicted molar refractivity (Wildman–Crippen MR) is 105 cm³/mol. The molecule has 0 aliphatic heterocycles. The van der Waals surface area contributed by atoms with Crippen LogP contribution in [-0.4, -0.2) is 18.0 Å². The predicted octanol–water partition coefficient (Wildman–Crippen LogP) is 4.44. The van der Waals surface area contributed by atoms with Crippen LogP contribution >= 0.6 is 11.3 Å². The molecule has 26 heavy (non-hydrogen) atoms. The maximum absolute atomic E-state index is 12.3. The second-order valence-corrected chi connectivity index (χ2v) is 6.87. The van der Waals surface area contributed by atoms with Crippen molar-refractivity contribution in [1.29, 1.82) is 0 Å². The molecule has 1 heterocycles. The van der Waals surface area contributed by atoms with E-state index in [0.29, 0.717) is 17.4 Å². The smallest absolute Gasteiger partial charge is 0.271 e. The second-order valence-electron chi connectivity index (χ2n) is 6.02. The third-order valence-electron chi connectivity index (χ3n) is 3.95. The van der Waals surface area contributed by atoms with Crippen LogP contribution in [0, 0.1) is 13.8 Å². The standard InChI is InChI=1S/C20H21N3O2S/c1-13-7-8-17(14(2)9-13)22-20-23-18(12-26-20)19(24)21-11-15-5-4-6-16(10-15)25-3/h4-10,12H,11H2,1-3H3,(H,21,24)(H,22,23). The lowest BCUT2D eigenvalue weighted by Gasteiger charge is -2.07. The Morgan fingerprint density at radius 1 is 1.19 bits per heavy atom. The fraction of sp³-hybridized carbons (Fsp3) is 0.200. The Morgan fingerprint density at radius 2 is 2.04 bits per heavy atom. The topological polar surface area (TPSA) is 63.2 Å². The van der Waals surface area contributed by atoms with Gasteiger partial charge in [-0.25, -0.2) is 4.98 Å². The van der Waals surface area contributed by atoms with Gasteiger partial charge in [0.1, 0.15) is 11.4 Å². The summed E-state index contributed by atoms with van der Waals surface area (Å²) in [6.07, 6.45) is 0. The van der Waals surface area contributed by atoms with Crippen LogP contribution in [0.2, 0.25) is 0 Å². The lowest BCUT2D eigenvalue weighted by Crippen LogP contribution is -2.23. The first kappa shape index (κ1) is 17.9. The second kappa shape index (κ2) is 8.01. The third kappa shape index (κ3) is 4.40. The summed E-state index contributed by atoms with van der Waals surface area (Å²) < 4.78 is 5.19. The SMILES string of the molecule is COc1cccc(CNC(=O)c2csc(Nc3ccc(C)cc3C)n2)c1. The summed E-state index contributed by atoms with van der Waals surface area (Å²) >= 11 is 1.41. The lowest BCUT2D eigenvalue weighted by molar-refractivity contribution is 0.0946. The van der Waals surface area contributed by atoms with Gasteiger partial charge in [0.25, 0.3) is 5.91 Å². The summed E-state index contributed by atoms with van der Waals surface area (Å²) in [6.45, 7) is 4.53. The van der Waals surface area contributed by atoms with Gasteiger partial charge in [0, 0.05) is 17.6 Å². The molecule has 2 N–H and O–H groups in total. The largest absolute Gasteiger partial charge is 0.497 e. The summed E-state index contributed by atoms with van der Waals surface area (Å²) in [6, 6.07) is 13.8. The molecule has 0 bridgehead atoms. The minimum Gasteiger partial charge on any atom is -0.497 e. The summed E-state index contributed by atoms with van der Waals surface area (Å²) in [5.74, 6) is 0.572. The van der Waals surface area contributed by atoms with Crippen LogP contribution in [-0.2, 0) is 6.54 Å². The minimum absolute atomic E-state index is 0.197. The molecular weight excluding hydrogens is 346 g/mol. The van der Waals surface area contributed by atoms with Crippen LogP contribution in [0.4, 0.5) is 10.8 Å². The molecule has 6 heteroatoms. The third-order valence-corrected chi connectivity index (χ3v) is 4.71. The Labute approximate surface area is 157 Å². The zero-order chi connectivity index (χ0) is 18.5.